The summed E-state index contributed by atoms with van der Waals surface area (Å²) in [5.41, 5.74) is 5.56. The van der Waals surface area contributed by atoms with Crippen LogP contribution in [0.4, 0.5) is 4.79 Å². The lowest BCUT2D eigenvalue weighted by Gasteiger charge is -2.14. The van der Waals surface area contributed by atoms with Crippen molar-refractivity contribution in [2.75, 3.05) is 32.7 Å². The Morgan fingerprint density at radius 1 is 1.50 bits per heavy atom. The highest BCUT2D eigenvalue weighted by atomic mass is 16.2. The van der Waals surface area contributed by atoms with Crippen LogP contribution in [0.3, 0.4) is 0 Å². The minimum atomic E-state index is -0.429. The fourth-order valence-electron chi connectivity index (χ4n) is 1.82. The van der Waals surface area contributed by atoms with Crippen molar-refractivity contribution in [3.63, 3.8) is 0 Å². The largest absolute Gasteiger partial charge is 0.338 e. The molecule has 3 amide bonds. The van der Waals surface area contributed by atoms with Crippen molar-refractivity contribution in [1.29, 1.82) is 0 Å². The number of likely N-dealkylation sites (tertiary alicyclic amines) is 1. The Kier molecular flexibility index (Phi) is 5.21. The number of imide groups is 1. The fourth-order valence-corrected chi connectivity index (χ4v) is 1.82. The zero-order valence-corrected chi connectivity index (χ0v) is 9.66. The van der Waals surface area contributed by atoms with E-state index >= 15 is 0 Å². The maximum atomic E-state index is 11.4. The van der Waals surface area contributed by atoms with E-state index < -0.39 is 6.03 Å². The molecule has 0 saturated carbocycles. The van der Waals surface area contributed by atoms with Gasteiger partial charge in [-0.25, -0.2) is 4.79 Å². The number of hydrogen-bond donors (Lipinski definition) is 3. The quantitative estimate of drug-likeness (QED) is 0.582. The Balaban J connectivity index is 2.22. The van der Waals surface area contributed by atoms with Gasteiger partial charge >= 0.3 is 6.03 Å². The maximum Gasteiger partial charge on any atom is 0.321 e. The molecule has 0 aromatic rings. The van der Waals surface area contributed by atoms with Crippen molar-refractivity contribution in [3.05, 3.63) is 0 Å². The number of urea groups is 1. The van der Waals surface area contributed by atoms with Crippen LogP contribution >= 0.6 is 0 Å². The van der Waals surface area contributed by atoms with Gasteiger partial charge < -0.3 is 11.1 Å². The monoisotopic (exact) mass is 228 g/mol. The average molecular weight is 228 g/mol. The van der Waals surface area contributed by atoms with Crippen LogP contribution in [0.15, 0.2) is 0 Å². The summed E-state index contributed by atoms with van der Waals surface area (Å²) in [6.07, 6.45) is 1.03. The van der Waals surface area contributed by atoms with E-state index in [1.165, 1.54) is 0 Å². The van der Waals surface area contributed by atoms with Crippen molar-refractivity contribution in [1.82, 2.24) is 15.5 Å². The van der Waals surface area contributed by atoms with Crippen LogP contribution in [-0.4, -0.2) is 49.6 Å². The molecule has 4 N–H and O–H groups in total. The van der Waals surface area contributed by atoms with Crippen LogP contribution < -0.4 is 16.4 Å². The first-order chi connectivity index (χ1) is 7.65. The standard InChI is InChI=1S/C10H20N4O2/c1-2-12-10(16)13-9(15)7-14-4-3-8(5-11)6-14/h8H,2-7,11H2,1H3,(H2,12,13,15,16). The second-order valence-electron chi connectivity index (χ2n) is 4.03. The third kappa shape index (κ3) is 4.16. The molecule has 1 unspecified atom stereocenters. The molecular formula is C10H20N4O2. The summed E-state index contributed by atoms with van der Waals surface area (Å²) in [4.78, 5) is 24.5. The van der Waals surface area contributed by atoms with Gasteiger partial charge in [0, 0.05) is 13.1 Å². The Bertz CT molecular complexity index is 257. The van der Waals surface area contributed by atoms with Gasteiger partial charge in [-0.05, 0) is 32.4 Å². The van der Waals surface area contributed by atoms with Gasteiger partial charge in [-0.1, -0.05) is 0 Å². The van der Waals surface area contributed by atoms with Crippen molar-refractivity contribution in [2.24, 2.45) is 11.7 Å². The number of nitrogens with zero attached hydrogens (tertiary/aromatic N) is 1. The topological polar surface area (TPSA) is 87.5 Å². The summed E-state index contributed by atoms with van der Waals surface area (Å²) in [6.45, 7) is 4.97. The minimum absolute atomic E-state index is 0.261. The van der Waals surface area contributed by atoms with Crippen LogP contribution in [0.2, 0.25) is 0 Å². The molecule has 92 valence electrons. The highest BCUT2D eigenvalue weighted by molar-refractivity contribution is 5.95. The van der Waals surface area contributed by atoms with Crippen molar-refractivity contribution in [3.8, 4) is 0 Å². The lowest BCUT2D eigenvalue weighted by molar-refractivity contribution is -0.120. The van der Waals surface area contributed by atoms with Crippen LogP contribution in [0.1, 0.15) is 13.3 Å². The normalized spacial score (nSPS) is 20.8. The fraction of sp³-hybridized carbons (Fsp3) is 0.800. The molecule has 1 heterocycles. The lowest BCUT2D eigenvalue weighted by atomic mass is 10.1. The van der Waals surface area contributed by atoms with Crippen LogP contribution in [-0.2, 0) is 4.79 Å². The number of amides is 3. The molecule has 1 rings (SSSR count). The number of nitrogens with two attached hydrogens (primary N) is 1. The Morgan fingerprint density at radius 2 is 2.25 bits per heavy atom. The third-order valence-corrected chi connectivity index (χ3v) is 2.66. The van der Waals surface area contributed by atoms with Crippen LogP contribution in [0.5, 0.6) is 0 Å². The van der Waals surface area contributed by atoms with Gasteiger partial charge in [0.1, 0.15) is 0 Å². The van der Waals surface area contributed by atoms with Crippen molar-refractivity contribution < 1.29 is 9.59 Å². The predicted octanol–water partition coefficient (Wildman–Crippen LogP) is -0.887. The van der Waals surface area contributed by atoms with E-state index in [0.29, 0.717) is 19.0 Å². The molecule has 1 aliphatic heterocycles. The van der Waals surface area contributed by atoms with Crippen molar-refractivity contribution >= 4 is 11.9 Å². The number of nitrogens with one attached hydrogen (secondary N) is 2. The smallest absolute Gasteiger partial charge is 0.321 e. The van der Waals surface area contributed by atoms with Gasteiger partial charge in [0.25, 0.3) is 0 Å². The molecule has 0 aromatic carbocycles. The highest BCUT2D eigenvalue weighted by Gasteiger charge is 2.23. The van der Waals surface area contributed by atoms with E-state index in [1.807, 2.05) is 4.90 Å². The molecule has 0 aliphatic carbocycles. The summed E-state index contributed by atoms with van der Waals surface area (Å²) >= 11 is 0. The summed E-state index contributed by atoms with van der Waals surface area (Å²) in [5, 5.41) is 4.79. The number of rotatable bonds is 4. The van der Waals surface area contributed by atoms with E-state index in [0.717, 1.165) is 19.5 Å². The zero-order valence-electron chi connectivity index (χ0n) is 9.66. The average Bonchev–Trinajstić information content (AvgIpc) is 2.65. The molecule has 1 atom stereocenters. The number of carbonyl (C=O) groups excluding carboxylic acids is 2. The van der Waals surface area contributed by atoms with Crippen LogP contribution in [0.25, 0.3) is 0 Å². The molecule has 6 heteroatoms. The lowest BCUT2D eigenvalue weighted by Crippen LogP contribution is -2.44. The van der Waals surface area contributed by atoms with Gasteiger partial charge in [-0.15, -0.1) is 0 Å². The third-order valence-electron chi connectivity index (χ3n) is 2.66. The molecule has 1 aliphatic rings. The van der Waals surface area contributed by atoms with Crippen LogP contribution in [0, 0.1) is 5.92 Å². The highest BCUT2D eigenvalue weighted by Crippen LogP contribution is 2.13. The first kappa shape index (κ1) is 12.9. The second kappa shape index (κ2) is 6.44. The molecule has 6 nitrogen and oxygen atoms in total. The van der Waals surface area contributed by atoms with E-state index in [1.54, 1.807) is 6.92 Å². The molecule has 0 radical (unpaired) electrons. The second-order valence-corrected chi connectivity index (χ2v) is 4.03. The number of hydrogen-bond acceptors (Lipinski definition) is 4. The first-order valence-corrected chi connectivity index (χ1v) is 5.65. The van der Waals surface area contributed by atoms with E-state index in [-0.39, 0.29) is 12.5 Å². The van der Waals surface area contributed by atoms with Gasteiger partial charge in [-0.2, -0.15) is 0 Å². The maximum absolute atomic E-state index is 11.4. The minimum Gasteiger partial charge on any atom is -0.338 e. The molecular weight excluding hydrogens is 208 g/mol. The summed E-state index contributed by atoms with van der Waals surface area (Å²) in [6, 6.07) is -0.429. The van der Waals surface area contributed by atoms with Gasteiger partial charge in [0.2, 0.25) is 5.91 Å². The van der Waals surface area contributed by atoms with Crippen molar-refractivity contribution in [2.45, 2.75) is 13.3 Å². The summed E-state index contributed by atoms with van der Waals surface area (Å²) < 4.78 is 0. The van der Waals surface area contributed by atoms with E-state index in [4.69, 9.17) is 5.73 Å². The SMILES string of the molecule is CCNC(=O)NC(=O)CN1CCC(CN)C1. The molecule has 1 fully saturated rings. The summed E-state index contributed by atoms with van der Waals surface area (Å²) in [7, 11) is 0. The first-order valence-electron chi connectivity index (χ1n) is 5.65. The van der Waals surface area contributed by atoms with E-state index in [9.17, 15) is 9.59 Å². The molecule has 16 heavy (non-hydrogen) atoms. The Labute approximate surface area is 95.5 Å². The number of carbonyl (C=O) groups is 2. The molecule has 1 saturated heterocycles. The Morgan fingerprint density at radius 3 is 2.81 bits per heavy atom. The Hall–Kier alpha value is -1.14. The molecule has 0 aromatic heterocycles. The predicted molar refractivity (Wildman–Crippen MR) is 60.8 cm³/mol. The van der Waals surface area contributed by atoms with E-state index in [2.05, 4.69) is 10.6 Å². The zero-order chi connectivity index (χ0) is 12.0. The van der Waals surface area contributed by atoms with Gasteiger partial charge in [0.05, 0.1) is 6.54 Å². The summed E-state index contributed by atoms with van der Waals surface area (Å²) in [5.74, 6) is 0.223. The molecule has 0 bridgehead atoms. The molecule has 0 spiro atoms. The van der Waals surface area contributed by atoms with Gasteiger partial charge in [-0.3, -0.25) is 15.0 Å². The van der Waals surface area contributed by atoms with Gasteiger partial charge in [0.15, 0.2) is 0 Å².